The van der Waals surface area contributed by atoms with Gasteiger partial charge in [0.1, 0.15) is 5.78 Å². The summed E-state index contributed by atoms with van der Waals surface area (Å²) in [6.45, 7) is 4.80. The number of ketones is 1. The third kappa shape index (κ3) is 8.70. The maximum absolute atomic E-state index is 12.5. The Balaban J connectivity index is 2.56. The molecular formula is C23H38O5. The number of rotatable bonds is 15. The number of hydrogen-bond donors (Lipinski definition) is 1. The normalized spacial score (nSPS) is 23.8. The fraction of sp³-hybridized carbons (Fsp3) is 0.739. The van der Waals surface area contributed by atoms with Crippen LogP contribution in [-0.2, 0) is 19.1 Å². The lowest BCUT2D eigenvalue weighted by Crippen LogP contribution is -2.22. The topological polar surface area (TPSA) is 72.8 Å². The number of ether oxygens (including phenoxy) is 2. The van der Waals surface area contributed by atoms with E-state index in [1.807, 2.05) is 19.1 Å². The predicted octanol–water partition coefficient (Wildman–Crippen LogP) is 4.95. The van der Waals surface area contributed by atoms with Gasteiger partial charge in [-0.05, 0) is 39.0 Å². The van der Waals surface area contributed by atoms with E-state index < -0.39 is 12.1 Å². The number of carbonyl (C=O) groups is 2. The Kier molecular flexibility index (Phi) is 12.8. The van der Waals surface area contributed by atoms with E-state index in [9.17, 15) is 9.59 Å². The third-order valence-corrected chi connectivity index (χ3v) is 5.39. The van der Waals surface area contributed by atoms with Crippen LogP contribution in [0.2, 0.25) is 0 Å². The van der Waals surface area contributed by atoms with Crippen molar-refractivity contribution in [3.05, 3.63) is 24.3 Å². The number of aliphatic carboxylic acids is 1. The van der Waals surface area contributed by atoms with Crippen LogP contribution in [-0.4, -0.2) is 42.8 Å². The molecule has 0 aliphatic heterocycles. The minimum Gasteiger partial charge on any atom is -0.479 e. The van der Waals surface area contributed by atoms with Gasteiger partial charge in [0, 0.05) is 32.0 Å². The second-order valence-corrected chi connectivity index (χ2v) is 7.47. The molecule has 0 aromatic heterocycles. The second kappa shape index (κ2) is 14.5. The summed E-state index contributed by atoms with van der Waals surface area (Å²) in [7, 11) is 1.41. The molecular weight excluding hydrogens is 356 g/mol. The van der Waals surface area contributed by atoms with Crippen molar-refractivity contribution in [1.29, 1.82) is 0 Å². The Labute approximate surface area is 170 Å². The van der Waals surface area contributed by atoms with E-state index in [2.05, 4.69) is 19.1 Å². The molecule has 0 aromatic rings. The highest BCUT2D eigenvalue weighted by molar-refractivity contribution is 5.85. The molecule has 0 spiro atoms. The summed E-state index contributed by atoms with van der Waals surface area (Å²) in [5.74, 6) is -0.582. The highest BCUT2D eigenvalue weighted by Crippen LogP contribution is 2.35. The fourth-order valence-corrected chi connectivity index (χ4v) is 3.78. The molecule has 1 N–H and O–H groups in total. The number of hydrogen-bond acceptors (Lipinski definition) is 4. The summed E-state index contributed by atoms with van der Waals surface area (Å²) in [4.78, 5) is 23.5. The number of carbonyl (C=O) groups excluding carboxylic acids is 1. The minimum atomic E-state index is -0.939. The van der Waals surface area contributed by atoms with Crippen molar-refractivity contribution in [2.24, 2.45) is 11.8 Å². The van der Waals surface area contributed by atoms with Gasteiger partial charge in [0.15, 0.2) is 6.10 Å². The predicted molar refractivity (Wildman–Crippen MR) is 111 cm³/mol. The Hall–Kier alpha value is -1.46. The Morgan fingerprint density at radius 1 is 1.18 bits per heavy atom. The van der Waals surface area contributed by atoms with Gasteiger partial charge in [-0.1, -0.05) is 50.5 Å². The second-order valence-electron chi connectivity index (χ2n) is 7.47. The SMILES string of the molecule is CCCCCC/C=C/[C@H]1[C@H](OCC)CC(=O)[C@@H]1C/C=C\CCC(OC)C(=O)O. The zero-order valence-corrected chi connectivity index (χ0v) is 17.8. The van der Waals surface area contributed by atoms with E-state index in [0.29, 0.717) is 32.3 Å². The number of carboxylic acids is 1. The zero-order chi connectivity index (χ0) is 20.8. The molecule has 0 radical (unpaired) electrons. The lowest BCUT2D eigenvalue weighted by atomic mass is 9.90. The van der Waals surface area contributed by atoms with Crippen molar-refractivity contribution < 1.29 is 24.2 Å². The standard InChI is InChI=1S/C23H38O5/c1-4-6-7-8-9-11-15-19-18(20(24)17-22(19)28-5-2)14-12-10-13-16-21(27-3)23(25)26/h10-12,15,18-19,21-22H,4-9,13-14,16-17H2,1-3H3,(H,25,26)/b12-10-,15-11+/t18-,19-,21?,22-/m1/s1. The van der Waals surface area contributed by atoms with E-state index in [1.165, 1.54) is 32.8 Å². The Bertz CT molecular complexity index is 511. The number of Topliss-reactive ketones (excluding diaryl/α,β-unsaturated/α-hetero) is 1. The summed E-state index contributed by atoms with van der Waals surface area (Å²) >= 11 is 0. The largest absolute Gasteiger partial charge is 0.479 e. The van der Waals surface area contributed by atoms with Crippen LogP contribution in [0.5, 0.6) is 0 Å². The quantitative estimate of drug-likeness (QED) is 0.314. The van der Waals surface area contributed by atoms with Gasteiger partial charge in [0.2, 0.25) is 0 Å². The highest BCUT2D eigenvalue weighted by atomic mass is 16.5. The van der Waals surface area contributed by atoms with Crippen molar-refractivity contribution in [2.45, 2.75) is 83.8 Å². The molecule has 1 saturated carbocycles. The summed E-state index contributed by atoms with van der Waals surface area (Å²) < 4.78 is 10.8. The number of methoxy groups -OCH3 is 1. The molecule has 0 amide bonds. The van der Waals surface area contributed by atoms with E-state index in [4.69, 9.17) is 14.6 Å². The molecule has 0 saturated heterocycles. The molecule has 28 heavy (non-hydrogen) atoms. The van der Waals surface area contributed by atoms with Gasteiger partial charge in [-0.3, -0.25) is 4.79 Å². The molecule has 160 valence electrons. The monoisotopic (exact) mass is 394 g/mol. The van der Waals surface area contributed by atoms with E-state index in [-0.39, 0.29) is 23.7 Å². The lowest BCUT2D eigenvalue weighted by Gasteiger charge is -2.20. The van der Waals surface area contributed by atoms with Crippen molar-refractivity contribution in [3.63, 3.8) is 0 Å². The Morgan fingerprint density at radius 3 is 2.61 bits per heavy atom. The maximum Gasteiger partial charge on any atom is 0.332 e. The average molecular weight is 395 g/mol. The molecule has 0 heterocycles. The number of carboxylic acid groups (broad SMARTS) is 1. The van der Waals surface area contributed by atoms with Crippen molar-refractivity contribution >= 4 is 11.8 Å². The lowest BCUT2D eigenvalue weighted by molar-refractivity contribution is -0.148. The third-order valence-electron chi connectivity index (χ3n) is 5.39. The number of allylic oxidation sites excluding steroid dienone is 3. The van der Waals surface area contributed by atoms with Crippen LogP contribution < -0.4 is 0 Å². The Morgan fingerprint density at radius 2 is 1.96 bits per heavy atom. The van der Waals surface area contributed by atoms with Gasteiger partial charge in [0.25, 0.3) is 0 Å². The highest BCUT2D eigenvalue weighted by Gasteiger charge is 2.40. The maximum atomic E-state index is 12.5. The van der Waals surface area contributed by atoms with Crippen LogP contribution in [0, 0.1) is 11.8 Å². The molecule has 1 aliphatic rings. The van der Waals surface area contributed by atoms with E-state index in [1.54, 1.807) is 0 Å². The molecule has 0 aromatic carbocycles. The van der Waals surface area contributed by atoms with Crippen LogP contribution >= 0.6 is 0 Å². The van der Waals surface area contributed by atoms with Crippen molar-refractivity contribution in [2.75, 3.05) is 13.7 Å². The van der Waals surface area contributed by atoms with Crippen LogP contribution in [0.4, 0.5) is 0 Å². The van der Waals surface area contributed by atoms with Crippen LogP contribution in [0.15, 0.2) is 24.3 Å². The zero-order valence-electron chi connectivity index (χ0n) is 17.8. The first-order valence-electron chi connectivity index (χ1n) is 10.8. The van der Waals surface area contributed by atoms with Crippen molar-refractivity contribution in [3.8, 4) is 0 Å². The summed E-state index contributed by atoms with van der Waals surface area (Å²) in [5.41, 5.74) is 0. The summed E-state index contributed by atoms with van der Waals surface area (Å²) in [6, 6.07) is 0. The summed E-state index contributed by atoms with van der Waals surface area (Å²) in [6.07, 6.45) is 15.8. The van der Waals surface area contributed by atoms with Gasteiger partial charge in [0.05, 0.1) is 6.10 Å². The first-order valence-corrected chi connectivity index (χ1v) is 10.8. The number of unbranched alkanes of at least 4 members (excludes halogenated alkanes) is 4. The van der Waals surface area contributed by atoms with Crippen LogP contribution in [0.3, 0.4) is 0 Å². The molecule has 1 unspecified atom stereocenters. The molecule has 0 bridgehead atoms. The van der Waals surface area contributed by atoms with Crippen LogP contribution in [0.25, 0.3) is 0 Å². The first kappa shape index (κ1) is 24.6. The van der Waals surface area contributed by atoms with Gasteiger partial charge in [-0.15, -0.1) is 0 Å². The van der Waals surface area contributed by atoms with E-state index >= 15 is 0 Å². The first-order chi connectivity index (χ1) is 13.5. The van der Waals surface area contributed by atoms with Crippen molar-refractivity contribution in [1.82, 2.24) is 0 Å². The van der Waals surface area contributed by atoms with Crippen LogP contribution in [0.1, 0.15) is 71.6 Å². The molecule has 1 aliphatic carbocycles. The molecule has 4 atom stereocenters. The van der Waals surface area contributed by atoms with E-state index in [0.717, 1.165) is 6.42 Å². The average Bonchev–Trinajstić information content (AvgIpc) is 2.95. The van der Waals surface area contributed by atoms with Gasteiger partial charge >= 0.3 is 5.97 Å². The molecule has 5 nitrogen and oxygen atoms in total. The minimum absolute atomic E-state index is 0.0207. The molecule has 5 heteroatoms. The molecule has 1 rings (SSSR count). The smallest absolute Gasteiger partial charge is 0.332 e. The molecule has 1 fully saturated rings. The van der Waals surface area contributed by atoms with Gasteiger partial charge in [-0.25, -0.2) is 4.79 Å². The van der Waals surface area contributed by atoms with Gasteiger partial charge in [-0.2, -0.15) is 0 Å². The van der Waals surface area contributed by atoms with Gasteiger partial charge < -0.3 is 14.6 Å². The summed E-state index contributed by atoms with van der Waals surface area (Å²) in [5, 5.41) is 8.99. The fourth-order valence-electron chi connectivity index (χ4n) is 3.78.